The summed E-state index contributed by atoms with van der Waals surface area (Å²) in [6.07, 6.45) is -4.59. The Bertz CT molecular complexity index is 1180. The molecular formula is C21H16F3N3O3S. The van der Waals surface area contributed by atoms with Gasteiger partial charge >= 0.3 is 6.18 Å². The minimum atomic E-state index is -4.59. The number of nitrogens with one attached hydrogen (secondary N) is 1. The van der Waals surface area contributed by atoms with Gasteiger partial charge in [0.1, 0.15) is 11.1 Å². The van der Waals surface area contributed by atoms with Gasteiger partial charge in [-0.2, -0.15) is 18.4 Å². The summed E-state index contributed by atoms with van der Waals surface area (Å²) in [4.78, 5) is 16.7. The second-order valence-electron chi connectivity index (χ2n) is 6.23. The fraction of sp³-hybridized carbons (Fsp3) is 0.190. The lowest BCUT2D eigenvalue weighted by Gasteiger charge is -2.13. The van der Waals surface area contributed by atoms with Gasteiger partial charge in [0.05, 0.1) is 42.3 Å². The van der Waals surface area contributed by atoms with E-state index < -0.39 is 17.6 Å². The molecule has 1 amide bonds. The summed E-state index contributed by atoms with van der Waals surface area (Å²) in [5.74, 6) is 0.0420. The maximum atomic E-state index is 13.1. The molecule has 3 rings (SSSR count). The lowest BCUT2D eigenvalue weighted by Crippen LogP contribution is -2.18. The van der Waals surface area contributed by atoms with Crippen LogP contribution >= 0.6 is 11.8 Å². The number of methoxy groups -OCH3 is 2. The van der Waals surface area contributed by atoms with E-state index in [4.69, 9.17) is 9.47 Å². The van der Waals surface area contributed by atoms with Crippen molar-refractivity contribution in [1.29, 1.82) is 5.26 Å². The van der Waals surface area contributed by atoms with Gasteiger partial charge in [-0.05, 0) is 24.3 Å². The van der Waals surface area contributed by atoms with E-state index in [-0.39, 0.29) is 22.0 Å². The molecule has 6 nitrogen and oxygen atoms in total. The number of rotatable bonds is 6. The summed E-state index contributed by atoms with van der Waals surface area (Å²) in [5, 5.41) is 12.6. The minimum Gasteiger partial charge on any atom is -0.493 e. The molecule has 3 aromatic rings. The van der Waals surface area contributed by atoms with Crippen molar-refractivity contribution in [2.45, 2.75) is 11.2 Å². The first-order valence-electron chi connectivity index (χ1n) is 8.82. The lowest BCUT2D eigenvalue weighted by molar-refractivity contribution is -0.137. The molecule has 10 heteroatoms. The predicted octanol–water partition coefficient (Wildman–Crippen LogP) is 4.87. The van der Waals surface area contributed by atoms with Gasteiger partial charge in [0, 0.05) is 11.5 Å². The number of halogens is 3. The minimum absolute atomic E-state index is 0.229. The van der Waals surface area contributed by atoms with Crippen molar-refractivity contribution in [3.8, 4) is 17.6 Å². The van der Waals surface area contributed by atoms with Crippen LogP contribution in [0, 0.1) is 11.3 Å². The topological polar surface area (TPSA) is 84.2 Å². The van der Waals surface area contributed by atoms with Crippen LogP contribution in [0.2, 0.25) is 0 Å². The first kappa shape index (κ1) is 22.2. The number of carbonyl (C=O) groups is 1. The second-order valence-corrected chi connectivity index (χ2v) is 7.20. The van der Waals surface area contributed by atoms with E-state index in [9.17, 15) is 23.2 Å². The number of nitriles is 1. The molecule has 0 aliphatic carbocycles. The Morgan fingerprint density at radius 1 is 1.16 bits per heavy atom. The number of nitrogens with zero attached hydrogens (tertiary/aromatic N) is 2. The molecule has 0 saturated heterocycles. The van der Waals surface area contributed by atoms with E-state index >= 15 is 0 Å². The maximum absolute atomic E-state index is 13.1. The molecule has 0 fully saturated rings. The van der Waals surface area contributed by atoms with Gasteiger partial charge < -0.3 is 14.8 Å². The van der Waals surface area contributed by atoms with E-state index in [0.717, 1.165) is 17.8 Å². The molecule has 0 saturated carbocycles. The summed E-state index contributed by atoms with van der Waals surface area (Å²) in [6.45, 7) is 0. The molecule has 1 heterocycles. The fourth-order valence-electron chi connectivity index (χ4n) is 2.83. The smallest absolute Gasteiger partial charge is 0.418 e. The van der Waals surface area contributed by atoms with Crippen molar-refractivity contribution in [2.24, 2.45) is 0 Å². The SMILES string of the molecule is COc1cc2cc(C#N)c(SCC(=O)Nc3ccccc3C(F)(F)F)nc2cc1OC. The number of pyridine rings is 1. The van der Waals surface area contributed by atoms with Crippen LogP contribution in [0.4, 0.5) is 18.9 Å². The number of thioether (sulfide) groups is 1. The van der Waals surface area contributed by atoms with Crippen LogP contribution in [0.3, 0.4) is 0 Å². The van der Waals surface area contributed by atoms with E-state index in [1.807, 2.05) is 6.07 Å². The quantitative estimate of drug-likeness (QED) is 0.543. The largest absolute Gasteiger partial charge is 0.493 e. The molecule has 0 atom stereocenters. The summed E-state index contributed by atoms with van der Waals surface area (Å²) >= 11 is 0.952. The highest BCUT2D eigenvalue weighted by molar-refractivity contribution is 8.00. The van der Waals surface area contributed by atoms with Gasteiger partial charge in [0.25, 0.3) is 0 Å². The van der Waals surface area contributed by atoms with Crippen molar-refractivity contribution in [3.63, 3.8) is 0 Å². The summed E-state index contributed by atoms with van der Waals surface area (Å²) in [5.41, 5.74) is -0.518. The number of benzene rings is 2. The summed E-state index contributed by atoms with van der Waals surface area (Å²) in [6, 6.07) is 11.7. The average Bonchev–Trinajstić information content (AvgIpc) is 2.75. The van der Waals surface area contributed by atoms with Gasteiger partial charge in [0.2, 0.25) is 5.91 Å². The van der Waals surface area contributed by atoms with Gasteiger partial charge in [0.15, 0.2) is 11.5 Å². The molecule has 0 radical (unpaired) electrons. The Kier molecular flexibility index (Phi) is 6.56. The second kappa shape index (κ2) is 9.14. The third-order valence-electron chi connectivity index (χ3n) is 4.25. The zero-order chi connectivity index (χ0) is 22.6. The number of alkyl halides is 3. The number of hydrogen-bond acceptors (Lipinski definition) is 6. The van der Waals surface area contributed by atoms with Crippen molar-refractivity contribution < 1.29 is 27.4 Å². The standard InChI is InChI=1S/C21H16F3N3O3S/c1-29-17-8-12-7-13(10-25)20(27-16(12)9-18(17)30-2)31-11-19(28)26-15-6-4-3-5-14(15)21(22,23)24/h3-9H,11H2,1-2H3,(H,26,28). The van der Waals surface area contributed by atoms with Crippen LogP contribution in [0.25, 0.3) is 10.9 Å². The monoisotopic (exact) mass is 447 g/mol. The predicted molar refractivity (Wildman–Crippen MR) is 110 cm³/mol. The summed E-state index contributed by atoms with van der Waals surface area (Å²) < 4.78 is 49.8. The van der Waals surface area contributed by atoms with Crippen LogP contribution in [-0.4, -0.2) is 30.9 Å². The Labute approximate surface area is 180 Å². The highest BCUT2D eigenvalue weighted by Crippen LogP contribution is 2.35. The molecule has 2 aromatic carbocycles. The van der Waals surface area contributed by atoms with Crippen LogP contribution in [0.1, 0.15) is 11.1 Å². The first-order valence-corrected chi connectivity index (χ1v) is 9.81. The van der Waals surface area contributed by atoms with Gasteiger partial charge in [-0.1, -0.05) is 23.9 Å². The highest BCUT2D eigenvalue weighted by Gasteiger charge is 2.33. The number of para-hydroxylation sites is 1. The molecule has 0 aliphatic heterocycles. The third-order valence-corrected chi connectivity index (χ3v) is 5.24. The molecule has 160 valence electrons. The van der Waals surface area contributed by atoms with E-state index in [1.54, 1.807) is 18.2 Å². The molecule has 0 unspecified atom stereocenters. The van der Waals surface area contributed by atoms with Crippen LogP contribution in [0.15, 0.2) is 47.5 Å². The van der Waals surface area contributed by atoms with Gasteiger partial charge in [-0.25, -0.2) is 4.98 Å². The van der Waals surface area contributed by atoms with Crippen molar-refractivity contribution >= 4 is 34.3 Å². The normalized spacial score (nSPS) is 11.1. The van der Waals surface area contributed by atoms with Crippen LogP contribution in [-0.2, 0) is 11.0 Å². The van der Waals surface area contributed by atoms with Gasteiger partial charge in [-0.15, -0.1) is 0 Å². The molecule has 0 aliphatic rings. The number of hydrogen-bond donors (Lipinski definition) is 1. The summed E-state index contributed by atoms with van der Waals surface area (Å²) in [7, 11) is 2.97. The fourth-order valence-corrected chi connectivity index (χ4v) is 3.60. The maximum Gasteiger partial charge on any atom is 0.418 e. The Morgan fingerprint density at radius 2 is 1.84 bits per heavy atom. The zero-order valence-corrected chi connectivity index (χ0v) is 17.2. The number of anilines is 1. The number of amides is 1. The Balaban J connectivity index is 1.82. The number of carbonyl (C=O) groups excluding carboxylic acids is 1. The molecule has 1 N–H and O–H groups in total. The number of fused-ring (bicyclic) bond motifs is 1. The zero-order valence-electron chi connectivity index (χ0n) is 16.4. The molecule has 0 spiro atoms. The molecule has 31 heavy (non-hydrogen) atoms. The van der Waals surface area contributed by atoms with Crippen LogP contribution < -0.4 is 14.8 Å². The molecule has 0 bridgehead atoms. The van der Waals surface area contributed by atoms with Crippen LogP contribution in [0.5, 0.6) is 11.5 Å². The van der Waals surface area contributed by atoms with E-state index in [2.05, 4.69) is 10.3 Å². The average molecular weight is 447 g/mol. The Hall–Kier alpha value is -3.45. The first-order chi connectivity index (χ1) is 14.8. The number of aromatic nitrogens is 1. The lowest BCUT2D eigenvalue weighted by atomic mass is 10.1. The molecular weight excluding hydrogens is 431 g/mol. The highest BCUT2D eigenvalue weighted by atomic mass is 32.2. The van der Waals surface area contributed by atoms with Crippen molar-refractivity contribution in [3.05, 3.63) is 53.6 Å². The third kappa shape index (κ3) is 5.00. The van der Waals surface area contributed by atoms with Crippen molar-refractivity contribution in [1.82, 2.24) is 4.98 Å². The van der Waals surface area contributed by atoms with E-state index in [0.29, 0.717) is 22.4 Å². The van der Waals surface area contributed by atoms with Gasteiger partial charge in [-0.3, -0.25) is 4.79 Å². The number of ether oxygens (including phenoxy) is 2. The van der Waals surface area contributed by atoms with Crippen molar-refractivity contribution in [2.75, 3.05) is 25.3 Å². The Morgan fingerprint density at radius 3 is 2.48 bits per heavy atom. The van der Waals surface area contributed by atoms with E-state index in [1.165, 1.54) is 32.4 Å². The molecule has 1 aromatic heterocycles.